The van der Waals surface area contributed by atoms with Gasteiger partial charge in [0.15, 0.2) is 5.72 Å². The first-order chi connectivity index (χ1) is 44.6. The number of epoxide rings is 1. The number of methoxy groups -OCH3 is 2. The molecular formula is C65H87ClN8O18S2. The van der Waals surface area contributed by atoms with Crippen molar-refractivity contribution in [2.75, 3.05) is 90.8 Å². The Balaban J connectivity index is 0.928. The van der Waals surface area contributed by atoms with Gasteiger partial charge in [0.1, 0.15) is 53.4 Å². The summed E-state index contributed by atoms with van der Waals surface area (Å²) in [7, 11) is 8.80. The van der Waals surface area contributed by atoms with Crippen molar-refractivity contribution >= 4 is 106 Å². The number of nitrogens with one attached hydrogen (secondary N) is 3. The number of anilines is 2. The van der Waals surface area contributed by atoms with Crippen LogP contribution in [0.3, 0.4) is 0 Å². The van der Waals surface area contributed by atoms with Gasteiger partial charge in [0.25, 0.3) is 11.1 Å². The highest BCUT2D eigenvalue weighted by Crippen LogP contribution is 2.49. The van der Waals surface area contributed by atoms with Crippen molar-refractivity contribution in [3.05, 3.63) is 88.0 Å². The highest BCUT2D eigenvalue weighted by Gasteiger charge is 2.64. The van der Waals surface area contributed by atoms with Crippen molar-refractivity contribution in [3.8, 4) is 5.75 Å². The zero-order valence-corrected chi connectivity index (χ0v) is 57.4. The van der Waals surface area contributed by atoms with Crippen LogP contribution < -0.4 is 25.6 Å². The first kappa shape index (κ1) is 74.0. The molecule has 5 aliphatic rings. The lowest BCUT2D eigenvalue weighted by Crippen LogP contribution is -2.63. The van der Waals surface area contributed by atoms with Crippen molar-refractivity contribution < 1.29 is 86.2 Å². The summed E-state index contributed by atoms with van der Waals surface area (Å²) < 4.78 is 40.7. The van der Waals surface area contributed by atoms with Crippen LogP contribution in [-0.4, -0.2) is 217 Å². The molecule has 9 amide bonds. The number of nitrogens with zero attached hydrogens (tertiary/aromatic N) is 5. The topological polar surface area (TPSA) is 311 Å². The molecule has 4 N–H and O–H groups in total. The number of aliphatic hydroxyl groups is 1. The molecule has 26 nitrogen and oxygen atoms in total. The van der Waals surface area contributed by atoms with Crippen LogP contribution in [0.5, 0.6) is 5.75 Å². The molecule has 0 radical (unpaired) electrons. The quantitative estimate of drug-likeness (QED) is 0.0326. The maximum atomic E-state index is 14.5. The van der Waals surface area contributed by atoms with E-state index in [0.29, 0.717) is 29.8 Å². The number of halogens is 1. The lowest BCUT2D eigenvalue weighted by atomic mass is 9.83. The standard InChI is InChI=1S/C65H87ClN8O18S2/c1-38-18-17-21-50(87-10)65(85)36-48(90-61(82)69-65)39(2)56-64(4,92-56)51(35-53(76)73(8)46-32-42(30-38)33-47(86-9)55(46)66)91-59(80)40(3)72(7)52(75)24-29-94-63(84)71(6)28-27-70(5)62(83)88-37-41-22-23-45(68-60(81)89-43-19-15-13-12-14-16-20-43)44(31-41)57(78)67-25-26-74-54(77)34-49(93-11)58(74)79/h15,17-19,21-23,31-33,39-40,43,48-51,56,85H,12-14,16,20,24-30,34-37H2,1-11H3,(H,67,78)(H,68,81)(H,69,82)/b19-15+,21-17+,38-18+/t39-,40+,43?,48+,49?,50-,51+,56?,64+,65+/m1/s1. The number of likely N-dealkylation sites (tertiary alicyclic amines) is 1. The van der Waals surface area contributed by atoms with Gasteiger partial charge in [-0.1, -0.05) is 72.7 Å². The zero-order valence-electron chi connectivity index (χ0n) is 55.0. The van der Waals surface area contributed by atoms with Crippen LogP contribution in [0.15, 0.2) is 66.3 Å². The number of hydrogen-bond acceptors (Lipinski definition) is 20. The Labute approximate surface area is 561 Å². The smallest absolute Gasteiger partial charge is 0.412 e. The Hall–Kier alpha value is -7.37. The summed E-state index contributed by atoms with van der Waals surface area (Å²) in [6.45, 7) is 6.47. The number of carbonyl (C=O) groups is 10. The van der Waals surface area contributed by atoms with E-state index >= 15 is 0 Å². The Morgan fingerprint density at radius 2 is 1.71 bits per heavy atom. The van der Waals surface area contributed by atoms with E-state index < -0.39 is 113 Å². The number of thioether (sulfide) groups is 2. The average molecular weight is 1370 g/mol. The molecule has 29 heteroatoms. The summed E-state index contributed by atoms with van der Waals surface area (Å²) >= 11 is 8.97. The lowest BCUT2D eigenvalue weighted by Gasteiger charge is -2.42. The van der Waals surface area contributed by atoms with Crippen LogP contribution in [0.4, 0.5) is 30.6 Å². The van der Waals surface area contributed by atoms with Gasteiger partial charge in [-0.15, -0.1) is 0 Å². The maximum Gasteiger partial charge on any atom is 0.412 e. The molecule has 1 aliphatic carbocycles. The number of likely N-dealkylation sites (N-methyl/N-ethyl adjacent to an activating group) is 3. The summed E-state index contributed by atoms with van der Waals surface area (Å²) in [5.74, 6) is -3.48. The number of hydrogen-bond donors (Lipinski definition) is 4. The molecule has 4 heterocycles. The van der Waals surface area contributed by atoms with Gasteiger partial charge >= 0.3 is 24.2 Å². The summed E-state index contributed by atoms with van der Waals surface area (Å²) in [5.41, 5.74) is -0.798. The molecule has 2 aromatic carbocycles. The highest BCUT2D eigenvalue weighted by molar-refractivity contribution is 8.13. The predicted molar refractivity (Wildman–Crippen MR) is 352 cm³/mol. The first-order valence-corrected chi connectivity index (χ1v) is 33.8. The van der Waals surface area contributed by atoms with E-state index in [0.717, 1.165) is 53.5 Å². The van der Waals surface area contributed by atoms with Gasteiger partial charge in [-0.3, -0.25) is 44.3 Å². The molecule has 0 saturated carbocycles. The molecule has 3 unspecified atom stereocenters. The molecule has 2 aromatic rings. The normalized spacial score (nSPS) is 26.3. The van der Waals surface area contributed by atoms with E-state index in [-0.39, 0.29) is 85.9 Å². The number of fused-ring (bicyclic) bond motifs is 5. The lowest BCUT2D eigenvalue weighted by molar-refractivity contribution is -0.162. The summed E-state index contributed by atoms with van der Waals surface area (Å²) in [6, 6.07) is 6.80. The number of amides is 9. The Morgan fingerprint density at radius 3 is 2.43 bits per heavy atom. The molecular weight excluding hydrogens is 1280 g/mol. The fourth-order valence-electron chi connectivity index (χ4n) is 11.4. The molecule has 10 atom stereocenters. The number of carbonyl (C=O) groups excluding carboxylic acids is 10. The SMILES string of the molecule is COc1cc2cc(c1Cl)N(C)C(=O)C[C@H](OC(=O)[C@H](C)N(C)C(=O)CCSC(=O)N(C)CCN(C)C(=O)OCc1ccc(NC(=O)OC3/C=C/CCCCC3)c(C(=O)NCCN3C(=O)CC(SC)C3=O)c1)[C@]1(C)OC1[C@H](C)[C@@H]1C[C@@](O)(NC(=O)O1)[C@H](OC)/C=C/C=C(\C)C2. The fourth-order valence-corrected chi connectivity index (χ4v) is 13.1. The van der Waals surface area contributed by atoms with E-state index in [9.17, 15) is 53.1 Å². The van der Waals surface area contributed by atoms with Gasteiger partial charge in [0, 0.05) is 92.4 Å². The van der Waals surface area contributed by atoms with Gasteiger partial charge < -0.3 is 63.2 Å². The van der Waals surface area contributed by atoms with E-state index in [1.54, 1.807) is 50.5 Å². The minimum absolute atomic E-state index is 0.00911. The van der Waals surface area contributed by atoms with Crippen LogP contribution in [0.25, 0.3) is 0 Å². The van der Waals surface area contributed by atoms with Crippen molar-refractivity contribution in [2.24, 2.45) is 5.92 Å². The van der Waals surface area contributed by atoms with E-state index in [1.807, 2.05) is 25.2 Å². The van der Waals surface area contributed by atoms with Gasteiger partial charge in [0.05, 0.1) is 41.8 Å². The Morgan fingerprint density at radius 1 is 0.968 bits per heavy atom. The number of ether oxygens (including phenoxy) is 7. The van der Waals surface area contributed by atoms with Crippen LogP contribution in [0.1, 0.15) is 107 Å². The monoisotopic (exact) mass is 1370 g/mol. The second-order valence-corrected chi connectivity index (χ2v) is 26.7. The molecule has 7 rings (SSSR count). The summed E-state index contributed by atoms with van der Waals surface area (Å²) in [5, 5.41) is 19.1. The number of rotatable bonds is 20. The highest BCUT2D eigenvalue weighted by atomic mass is 35.5. The number of allylic oxidation sites excluding steroid dienone is 4. The Kier molecular flexibility index (Phi) is 26.3. The van der Waals surface area contributed by atoms with Crippen LogP contribution in [0.2, 0.25) is 5.02 Å². The molecule has 0 aromatic heterocycles. The van der Waals surface area contributed by atoms with E-state index in [2.05, 4.69) is 16.0 Å². The summed E-state index contributed by atoms with van der Waals surface area (Å²) in [6.07, 6.45) is 8.08. The fraction of sp³-hybridized carbons (Fsp3) is 0.569. The minimum atomic E-state index is -1.91. The molecule has 514 valence electrons. The second kappa shape index (κ2) is 33.3. The van der Waals surface area contributed by atoms with Crippen LogP contribution in [-0.2, 0) is 65.4 Å². The Bertz CT molecular complexity index is 3260. The number of alkyl carbamates (subject to hydrolysis) is 1. The number of imide groups is 1. The third-order valence-corrected chi connectivity index (χ3v) is 19.7. The molecule has 3 fully saturated rings. The molecule has 4 bridgehead atoms. The van der Waals surface area contributed by atoms with Crippen LogP contribution >= 0.6 is 35.1 Å². The third kappa shape index (κ3) is 19.0. The van der Waals surface area contributed by atoms with E-state index in [4.69, 9.17) is 44.8 Å². The van der Waals surface area contributed by atoms with Gasteiger partial charge in [-0.2, -0.15) is 11.8 Å². The molecule has 3 saturated heterocycles. The second-order valence-electron chi connectivity index (χ2n) is 24.2. The average Bonchev–Trinajstić information content (AvgIpc) is 1.57. The number of benzene rings is 2. The minimum Gasteiger partial charge on any atom is -0.495 e. The van der Waals surface area contributed by atoms with E-state index in [1.165, 1.54) is 92.8 Å². The molecule has 0 spiro atoms. The van der Waals surface area contributed by atoms with Gasteiger partial charge in [0.2, 0.25) is 23.6 Å². The van der Waals surface area contributed by atoms with Gasteiger partial charge in [-0.25, -0.2) is 19.2 Å². The summed E-state index contributed by atoms with van der Waals surface area (Å²) in [4.78, 5) is 140. The van der Waals surface area contributed by atoms with Crippen LogP contribution in [0, 0.1) is 5.92 Å². The predicted octanol–water partition coefficient (Wildman–Crippen LogP) is 7.62. The number of esters is 1. The third-order valence-electron chi connectivity index (χ3n) is 17.5. The molecule has 4 aliphatic heterocycles. The largest absolute Gasteiger partial charge is 0.495 e. The molecule has 94 heavy (non-hydrogen) atoms. The zero-order chi connectivity index (χ0) is 68.8. The van der Waals surface area contributed by atoms with Crippen molar-refractivity contribution in [1.82, 2.24) is 30.2 Å². The van der Waals surface area contributed by atoms with Crippen molar-refractivity contribution in [1.29, 1.82) is 0 Å². The van der Waals surface area contributed by atoms with Crippen molar-refractivity contribution in [3.63, 3.8) is 0 Å². The van der Waals surface area contributed by atoms with Gasteiger partial charge in [-0.05, 0) is 101 Å². The first-order valence-electron chi connectivity index (χ1n) is 31.1. The maximum absolute atomic E-state index is 14.5. The van der Waals surface area contributed by atoms with Crippen molar-refractivity contribution in [2.45, 2.75) is 152 Å².